The Bertz CT molecular complexity index is 319. The van der Waals surface area contributed by atoms with E-state index >= 15 is 0 Å². The summed E-state index contributed by atoms with van der Waals surface area (Å²) in [6.07, 6.45) is 0.583. The Morgan fingerprint density at radius 3 is 3.00 bits per heavy atom. The van der Waals surface area contributed by atoms with Gasteiger partial charge in [0.25, 0.3) is 0 Å². The molecule has 2 atom stereocenters. The van der Waals surface area contributed by atoms with Crippen LogP contribution in [0.25, 0.3) is 0 Å². The van der Waals surface area contributed by atoms with Gasteiger partial charge in [0.2, 0.25) is 5.91 Å². The maximum atomic E-state index is 11.9. The lowest BCUT2D eigenvalue weighted by atomic mass is 10.1. The number of carbonyl (C=O) groups is 1. The van der Waals surface area contributed by atoms with Crippen molar-refractivity contribution in [2.24, 2.45) is 5.92 Å². The summed E-state index contributed by atoms with van der Waals surface area (Å²) in [4.78, 5) is 14.4. The monoisotopic (exact) mass is 299 g/mol. The summed E-state index contributed by atoms with van der Waals surface area (Å²) >= 11 is 0. The average molecular weight is 299 g/mol. The molecule has 6 heteroatoms. The van der Waals surface area contributed by atoms with E-state index in [1.165, 1.54) is 0 Å². The predicted molar refractivity (Wildman–Crippen MR) is 81.3 cm³/mol. The van der Waals surface area contributed by atoms with E-state index in [0.29, 0.717) is 25.5 Å². The molecule has 2 aliphatic heterocycles. The van der Waals surface area contributed by atoms with Gasteiger partial charge in [-0.3, -0.25) is 9.69 Å². The second kappa shape index (κ2) is 8.68. The third-order valence-corrected chi connectivity index (χ3v) is 3.80. The summed E-state index contributed by atoms with van der Waals surface area (Å²) in [5.41, 5.74) is 0. The van der Waals surface area contributed by atoms with Crippen LogP contribution in [0.3, 0.4) is 0 Å². The highest BCUT2D eigenvalue weighted by molar-refractivity contribution is 5.76. The fourth-order valence-corrected chi connectivity index (χ4v) is 2.86. The van der Waals surface area contributed by atoms with Crippen LogP contribution >= 0.6 is 0 Å². The molecule has 2 unspecified atom stereocenters. The van der Waals surface area contributed by atoms with Crippen LogP contribution in [0.1, 0.15) is 20.3 Å². The maximum absolute atomic E-state index is 11.9. The zero-order valence-electron chi connectivity index (χ0n) is 13.3. The lowest BCUT2D eigenvalue weighted by Gasteiger charge is -2.34. The molecule has 6 nitrogen and oxygen atoms in total. The topological polar surface area (TPSA) is 62.8 Å². The molecular formula is C15H29N3O3. The van der Waals surface area contributed by atoms with Crippen LogP contribution in [0.5, 0.6) is 0 Å². The van der Waals surface area contributed by atoms with Crippen molar-refractivity contribution in [3.05, 3.63) is 0 Å². The fourth-order valence-electron chi connectivity index (χ4n) is 2.86. The second-order valence-corrected chi connectivity index (χ2v) is 6.38. The van der Waals surface area contributed by atoms with E-state index in [1.807, 2.05) is 0 Å². The fraction of sp³-hybridized carbons (Fsp3) is 0.933. The van der Waals surface area contributed by atoms with Gasteiger partial charge >= 0.3 is 0 Å². The molecule has 2 fully saturated rings. The van der Waals surface area contributed by atoms with Gasteiger partial charge in [-0.2, -0.15) is 0 Å². The number of amides is 1. The molecule has 0 radical (unpaired) electrons. The van der Waals surface area contributed by atoms with E-state index in [0.717, 1.165) is 39.4 Å². The molecule has 0 aromatic rings. The van der Waals surface area contributed by atoms with Gasteiger partial charge < -0.3 is 20.1 Å². The van der Waals surface area contributed by atoms with Crippen LogP contribution in [0.4, 0.5) is 0 Å². The van der Waals surface area contributed by atoms with Crippen molar-refractivity contribution in [1.29, 1.82) is 0 Å². The zero-order valence-corrected chi connectivity index (χ0v) is 13.3. The van der Waals surface area contributed by atoms with E-state index in [4.69, 9.17) is 9.47 Å². The highest BCUT2D eigenvalue weighted by Gasteiger charge is 2.22. The quantitative estimate of drug-likeness (QED) is 0.713. The first-order valence-corrected chi connectivity index (χ1v) is 8.05. The summed E-state index contributed by atoms with van der Waals surface area (Å²) in [5.74, 6) is 0.735. The minimum absolute atomic E-state index is 0.0718. The Hall–Kier alpha value is -0.690. The number of morpholine rings is 2. The van der Waals surface area contributed by atoms with Crippen LogP contribution in [-0.2, 0) is 14.3 Å². The van der Waals surface area contributed by atoms with Crippen LogP contribution in [0.15, 0.2) is 0 Å². The van der Waals surface area contributed by atoms with E-state index in [-0.39, 0.29) is 18.1 Å². The number of nitrogens with zero attached hydrogens (tertiary/aromatic N) is 1. The first kappa shape index (κ1) is 16.7. The van der Waals surface area contributed by atoms with Gasteiger partial charge in [0.15, 0.2) is 0 Å². The Morgan fingerprint density at radius 2 is 2.29 bits per heavy atom. The van der Waals surface area contributed by atoms with Crippen LogP contribution in [0.2, 0.25) is 0 Å². The molecule has 0 aromatic heterocycles. The highest BCUT2D eigenvalue weighted by atomic mass is 16.5. The maximum Gasteiger partial charge on any atom is 0.221 e. The van der Waals surface area contributed by atoms with Crippen LogP contribution in [-0.4, -0.2) is 75.5 Å². The van der Waals surface area contributed by atoms with E-state index in [9.17, 15) is 4.79 Å². The summed E-state index contributed by atoms with van der Waals surface area (Å²) < 4.78 is 11.1. The smallest absolute Gasteiger partial charge is 0.221 e. The molecule has 122 valence electrons. The zero-order chi connectivity index (χ0) is 15.1. The van der Waals surface area contributed by atoms with E-state index in [2.05, 4.69) is 29.4 Å². The lowest BCUT2D eigenvalue weighted by molar-refractivity contribution is -0.123. The van der Waals surface area contributed by atoms with Crippen LogP contribution < -0.4 is 10.6 Å². The van der Waals surface area contributed by atoms with Gasteiger partial charge in [-0.25, -0.2) is 0 Å². The average Bonchev–Trinajstić information content (AvgIpc) is 2.46. The predicted octanol–water partition coefficient (Wildman–Crippen LogP) is -0.162. The van der Waals surface area contributed by atoms with Crippen molar-refractivity contribution in [3.8, 4) is 0 Å². The number of nitrogens with one attached hydrogen (secondary N) is 2. The van der Waals surface area contributed by atoms with Gasteiger partial charge in [0, 0.05) is 45.2 Å². The molecule has 0 bridgehead atoms. The van der Waals surface area contributed by atoms with E-state index < -0.39 is 0 Å². The summed E-state index contributed by atoms with van der Waals surface area (Å²) in [5, 5.41) is 6.28. The molecule has 0 aromatic carbocycles. The van der Waals surface area contributed by atoms with Gasteiger partial charge in [0.1, 0.15) is 0 Å². The summed E-state index contributed by atoms with van der Waals surface area (Å²) in [7, 11) is 0. The summed E-state index contributed by atoms with van der Waals surface area (Å²) in [6.45, 7) is 11.0. The van der Waals surface area contributed by atoms with Gasteiger partial charge in [-0.15, -0.1) is 0 Å². The second-order valence-electron chi connectivity index (χ2n) is 6.38. The molecule has 1 amide bonds. The van der Waals surface area contributed by atoms with Crippen molar-refractivity contribution in [3.63, 3.8) is 0 Å². The van der Waals surface area contributed by atoms with Crippen LogP contribution in [0, 0.1) is 5.92 Å². The van der Waals surface area contributed by atoms with Crippen molar-refractivity contribution < 1.29 is 14.3 Å². The molecule has 0 aliphatic carbocycles. The van der Waals surface area contributed by atoms with Crippen molar-refractivity contribution in [2.75, 3.05) is 52.5 Å². The molecule has 21 heavy (non-hydrogen) atoms. The number of ether oxygens (including phenoxy) is 2. The van der Waals surface area contributed by atoms with Crippen molar-refractivity contribution in [1.82, 2.24) is 15.5 Å². The molecule has 2 rings (SSSR count). The number of carbonyl (C=O) groups excluding carboxylic acids is 1. The molecule has 2 aliphatic rings. The minimum atomic E-state index is 0.0718. The third kappa shape index (κ3) is 6.30. The van der Waals surface area contributed by atoms with Crippen molar-refractivity contribution >= 4 is 5.91 Å². The Kier molecular flexibility index (Phi) is 6.89. The first-order chi connectivity index (χ1) is 10.1. The lowest BCUT2D eigenvalue weighted by Crippen LogP contribution is -2.49. The van der Waals surface area contributed by atoms with Gasteiger partial charge in [0.05, 0.1) is 25.9 Å². The molecule has 2 N–H and O–H groups in total. The molecule has 0 spiro atoms. The van der Waals surface area contributed by atoms with Gasteiger partial charge in [-0.05, 0) is 5.92 Å². The molecule has 2 saturated heterocycles. The third-order valence-electron chi connectivity index (χ3n) is 3.80. The number of hydrogen-bond acceptors (Lipinski definition) is 5. The van der Waals surface area contributed by atoms with E-state index in [1.54, 1.807) is 0 Å². The normalized spacial score (nSPS) is 27.8. The largest absolute Gasteiger partial charge is 0.378 e. The minimum Gasteiger partial charge on any atom is -0.378 e. The Balaban J connectivity index is 1.63. The number of rotatable bonds is 6. The standard InChI is InChI=1S/C15H29N3O3/c1-12(2)9-18-4-6-21-14(10-18)8-17-15(19)7-13-11-20-5-3-16-13/h12-14,16H,3-11H2,1-2H3,(H,17,19). The SMILES string of the molecule is CC(C)CN1CCOC(CNC(=O)CC2COCCN2)C1. The molecule has 2 heterocycles. The van der Waals surface area contributed by atoms with Crippen molar-refractivity contribution in [2.45, 2.75) is 32.4 Å². The Morgan fingerprint density at radius 1 is 1.43 bits per heavy atom. The van der Waals surface area contributed by atoms with Gasteiger partial charge in [-0.1, -0.05) is 13.8 Å². The molecular weight excluding hydrogens is 270 g/mol. The number of hydrogen-bond donors (Lipinski definition) is 2. The highest BCUT2D eigenvalue weighted by Crippen LogP contribution is 2.07. The summed E-state index contributed by atoms with van der Waals surface area (Å²) in [6, 6.07) is 0.142. The molecule has 0 saturated carbocycles. The Labute approximate surface area is 127 Å². The first-order valence-electron chi connectivity index (χ1n) is 8.05.